The minimum atomic E-state index is -0.316. The van der Waals surface area contributed by atoms with Crippen LogP contribution in [0.4, 0.5) is 0 Å². The molecule has 0 saturated heterocycles. The third-order valence-corrected chi connectivity index (χ3v) is 3.89. The predicted octanol–water partition coefficient (Wildman–Crippen LogP) is 3.89. The molecule has 1 heterocycles. The molecule has 1 N–H and O–H groups in total. The van der Waals surface area contributed by atoms with Gasteiger partial charge in [0.15, 0.2) is 0 Å². The van der Waals surface area contributed by atoms with E-state index in [1.54, 1.807) is 26.3 Å². The van der Waals surface area contributed by atoms with Crippen molar-refractivity contribution in [1.29, 1.82) is 0 Å². The lowest BCUT2D eigenvalue weighted by Gasteiger charge is -2.06. The molecule has 1 aromatic heterocycles. The first kappa shape index (κ1) is 15.8. The molecule has 0 aliphatic rings. The highest BCUT2D eigenvalue weighted by Gasteiger charge is 2.10. The van der Waals surface area contributed by atoms with Gasteiger partial charge in [0.05, 0.1) is 34.1 Å². The Labute approximate surface area is 138 Å². The lowest BCUT2D eigenvalue weighted by molar-refractivity contribution is 0.0953. The first-order valence-electron chi connectivity index (χ1n) is 5.93. The molecule has 2 aromatic rings. The van der Waals surface area contributed by atoms with E-state index < -0.39 is 0 Å². The molecule has 0 aliphatic carbocycles. The van der Waals surface area contributed by atoms with Gasteiger partial charge in [-0.1, -0.05) is 0 Å². The van der Waals surface area contributed by atoms with Crippen LogP contribution in [0.5, 0.6) is 5.75 Å². The Morgan fingerprint density at radius 3 is 2.57 bits per heavy atom. The molecule has 7 heteroatoms. The molecule has 0 bridgehead atoms. The van der Waals surface area contributed by atoms with Crippen LogP contribution in [0.15, 0.2) is 42.9 Å². The molecule has 0 unspecified atom stereocenters. The van der Waals surface area contributed by atoms with Gasteiger partial charge in [0.2, 0.25) is 0 Å². The molecule has 0 spiro atoms. The molecule has 21 heavy (non-hydrogen) atoms. The Hall–Kier alpha value is -1.60. The zero-order chi connectivity index (χ0) is 15.4. The summed E-state index contributed by atoms with van der Waals surface area (Å²) >= 11 is 6.81. The number of ether oxygens (including phenoxy) is 1. The van der Waals surface area contributed by atoms with E-state index in [0.717, 1.165) is 14.5 Å². The molecule has 1 aromatic carbocycles. The van der Waals surface area contributed by atoms with Crippen LogP contribution >= 0.6 is 31.9 Å². The number of benzene rings is 1. The van der Waals surface area contributed by atoms with Crippen LogP contribution in [-0.2, 0) is 0 Å². The number of hydrazone groups is 1. The summed E-state index contributed by atoms with van der Waals surface area (Å²) in [6.07, 6.45) is 3.01. The number of rotatable bonds is 4. The maximum atomic E-state index is 11.8. The predicted molar refractivity (Wildman–Crippen MR) is 86.9 cm³/mol. The molecule has 0 saturated carbocycles. The second kappa shape index (κ2) is 6.91. The third-order valence-electron chi connectivity index (χ3n) is 2.71. The van der Waals surface area contributed by atoms with E-state index in [2.05, 4.69) is 42.4 Å². The number of nitrogens with zero attached hydrogens (tertiary/aromatic N) is 1. The normalized spacial score (nSPS) is 10.9. The molecule has 2 rings (SSSR count). The minimum Gasteiger partial charge on any atom is -0.494 e. The largest absolute Gasteiger partial charge is 0.494 e. The Kier molecular flexibility index (Phi) is 5.19. The SMILES string of the molecule is COc1c(Br)cc(C=NNC(=O)c2ccoc2C)cc1Br. The summed E-state index contributed by atoms with van der Waals surface area (Å²) in [7, 11) is 1.59. The molecule has 0 atom stereocenters. The molecule has 0 radical (unpaired) electrons. The number of amides is 1. The van der Waals surface area contributed by atoms with Gasteiger partial charge in [0, 0.05) is 0 Å². The van der Waals surface area contributed by atoms with Gasteiger partial charge >= 0.3 is 0 Å². The standard InChI is InChI=1S/C14H12Br2N2O3/c1-8-10(3-4-21-8)14(19)18-17-7-9-5-11(15)13(20-2)12(16)6-9/h3-7H,1-2H3,(H,18,19). The van der Waals surface area contributed by atoms with Crippen LogP contribution in [0.2, 0.25) is 0 Å². The monoisotopic (exact) mass is 414 g/mol. The highest BCUT2D eigenvalue weighted by molar-refractivity contribution is 9.11. The molecule has 110 valence electrons. The van der Waals surface area contributed by atoms with E-state index >= 15 is 0 Å². The molecule has 0 aliphatic heterocycles. The first-order valence-corrected chi connectivity index (χ1v) is 7.52. The third kappa shape index (κ3) is 3.74. The van der Waals surface area contributed by atoms with Crippen molar-refractivity contribution in [3.63, 3.8) is 0 Å². The molecular weight excluding hydrogens is 404 g/mol. The number of carbonyl (C=O) groups excluding carboxylic acids is 1. The number of nitrogens with one attached hydrogen (secondary N) is 1. The maximum Gasteiger partial charge on any atom is 0.274 e. The van der Waals surface area contributed by atoms with Gasteiger partial charge in [-0.25, -0.2) is 5.43 Å². The summed E-state index contributed by atoms with van der Waals surface area (Å²) in [6, 6.07) is 5.27. The Morgan fingerprint density at radius 1 is 1.38 bits per heavy atom. The van der Waals surface area contributed by atoms with E-state index in [1.807, 2.05) is 12.1 Å². The average Bonchev–Trinajstić information content (AvgIpc) is 2.84. The van der Waals surface area contributed by atoms with E-state index in [-0.39, 0.29) is 5.91 Å². The quantitative estimate of drug-likeness (QED) is 0.608. The number of furan rings is 1. The van der Waals surface area contributed by atoms with Crippen molar-refractivity contribution in [2.24, 2.45) is 5.10 Å². The summed E-state index contributed by atoms with van der Waals surface area (Å²) in [5, 5.41) is 3.93. The molecule has 0 fully saturated rings. The molecular formula is C14H12Br2N2O3. The number of aryl methyl sites for hydroxylation is 1. The van der Waals surface area contributed by atoms with Gasteiger partial charge in [-0.05, 0) is 62.5 Å². The van der Waals surface area contributed by atoms with Crippen molar-refractivity contribution in [1.82, 2.24) is 5.43 Å². The molecule has 1 amide bonds. The van der Waals surface area contributed by atoms with Gasteiger partial charge < -0.3 is 9.15 Å². The Bertz CT molecular complexity index is 672. The zero-order valence-corrected chi connectivity index (χ0v) is 14.5. The summed E-state index contributed by atoms with van der Waals surface area (Å²) in [5.41, 5.74) is 3.72. The fourth-order valence-electron chi connectivity index (χ4n) is 1.70. The van der Waals surface area contributed by atoms with E-state index in [0.29, 0.717) is 17.1 Å². The number of methoxy groups -OCH3 is 1. The average molecular weight is 416 g/mol. The highest BCUT2D eigenvalue weighted by atomic mass is 79.9. The lowest BCUT2D eigenvalue weighted by atomic mass is 10.2. The van der Waals surface area contributed by atoms with E-state index in [4.69, 9.17) is 9.15 Å². The van der Waals surface area contributed by atoms with Crippen LogP contribution < -0.4 is 10.2 Å². The van der Waals surface area contributed by atoms with Gasteiger partial charge in [0.1, 0.15) is 11.5 Å². The van der Waals surface area contributed by atoms with Crippen molar-refractivity contribution in [2.45, 2.75) is 6.92 Å². The maximum absolute atomic E-state index is 11.8. The second-order valence-electron chi connectivity index (χ2n) is 4.11. The van der Waals surface area contributed by atoms with Crippen molar-refractivity contribution in [3.8, 4) is 5.75 Å². The second-order valence-corrected chi connectivity index (χ2v) is 5.82. The Balaban J connectivity index is 2.09. The molecule has 5 nitrogen and oxygen atoms in total. The minimum absolute atomic E-state index is 0.316. The number of carbonyl (C=O) groups is 1. The number of hydrogen-bond acceptors (Lipinski definition) is 4. The van der Waals surface area contributed by atoms with E-state index in [9.17, 15) is 4.79 Å². The lowest BCUT2D eigenvalue weighted by Crippen LogP contribution is -2.17. The fraction of sp³-hybridized carbons (Fsp3) is 0.143. The van der Waals surface area contributed by atoms with Crippen LogP contribution in [0.25, 0.3) is 0 Å². The van der Waals surface area contributed by atoms with Crippen molar-refractivity contribution in [3.05, 3.63) is 50.3 Å². The number of halogens is 2. The number of hydrogen-bond donors (Lipinski definition) is 1. The van der Waals surface area contributed by atoms with Crippen molar-refractivity contribution < 1.29 is 13.9 Å². The summed E-state index contributed by atoms with van der Waals surface area (Å²) < 4.78 is 11.9. The summed E-state index contributed by atoms with van der Waals surface area (Å²) in [4.78, 5) is 11.8. The van der Waals surface area contributed by atoms with Gasteiger partial charge in [-0.2, -0.15) is 5.10 Å². The smallest absolute Gasteiger partial charge is 0.274 e. The van der Waals surface area contributed by atoms with Gasteiger partial charge in [-0.15, -0.1) is 0 Å². The summed E-state index contributed by atoms with van der Waals surface area (Å²) in [6.45, 7) is 1.72. The zero-order valence-electron chi connectivity index (χ0n) is 11.3. The topological polar surface area (TPSA) is 63.8 Å². The Morgan fingerprint density at radius 2 is 2.05 bits per heavy atom. The van der Waals surface area contributed by atoms with Gasteiger partial charge in [-0.3, -0.25) is 4.79 Å². The van der Waals surface area contributed by atoms with Crippen LogP contribution in [0, 0.1) is 6.92 Å². The first-order chi connectivity index (χ1) is 10.0. The van der Waals surface area contributed by atoms with Gasteiger partial charge in [0.25, 0.3) is 5.91 Å². The fourth-order valence-corrected chi connectivity index (χ4v) is 3.24. The van der Waals surface area contributed by atoms with E-state index in [1.165, 1.54) is 6.26 Å². The highest BCUT2D eigenvalue weighted by Crippen LogP contribution is 2.33. The van der Waals surface area contributed by atoms with Crippen LogP contribution in [0.1, 0.15) is 21.7 Å². The van der Waals surface area contributed by atoms with Crippen LogP contribution in [0.3, 0.4) is 0 Å². The van der Waals surface area contributed by atoms with Crippen molar-refractivity contribution in [2.75, 3.05) is 7.11 Å². The summed E-state index contributed by atoms with van der Waals surface area (Å²) in [5.74, 6) is 0.937. The van der Waals surface area contributed by atoms with Crippen LogP contribution in [-0.4, -0.2) is 19.2 Å². The van der Waals surface area contributed by atoms with Crippen molar-refractivity contribution >= 4 is 44.0 Å².